The van der Waals surface area contributed by atoms with Crippen molar-refractivity contribution in [2.75, 3.05) is 19.0 Å². The number of methoxy groups -OCH3 is 1. The first-order valence-electron chi connectivity index (χ1n) is 12.0. The molecule has 0 saturated heterocycles. The van der Waals surface area contributed by atoms with Gasteiger partial charge in [-0.1, -0.05) is 37.0 Å². The SMILES string of the molecule is COc1ccc(-n2c(=O)c3c(n4ncc(NC(=O)C(C)C)c24)CN(C(=O)c2ccc(Cl)c(Cl)c2)CC3)cc1. The van der Waals surface area contributed by atoms with E-state index in [-0.39, 0.29) is 34.9 Å². The van der Waals surface area contributed by atoms with E-state index in [2.05, 4.69) is 10.4 Å². The zero-order chi connectivity index (χ0) is 27.1. The van der Waals surface area contributed by atoms with Crippen molar-refractivity contribution in [1.29, 1.82) is 0 Å². The van der Waals surface area contributed by atoms with Crippen molar-refractivity contribution in [1.82, 2.24) is 19.1 Å². The van der Waals surface area contributed by atoms with Crippen LogP contribution in [0.3, 0.4) is 0 Å². The number of ether oxygens (including phenoxy) is 1. The molecule has 0 bridgehead atoms. The minimum Gasteiger partial charge on any atom is -0.497 e. The molecule has 4 aromatic rings. The second-order valence-corrected chi connectivity index (χ2v) is 10.1. The summed E-state index contributed by atoms with van der Waals surface area (Å²) < 4.78 is 8.44. The normalized spacial score (nSPS) is 13.1. The van der Waals surface area contributed by atoms with Gasteiger partial charge in [-0.25, -0.2) is 4.52 Å². The smallest absolute Gasteiger partial charge is 0.261 e. The van der Waals surface area contributed by atoms with Gasteiger partial charge in [0.2, 0.25) is 5.91 Å². The van der Waals surface area contributed by atoms with Gasteiger partial charge >= 0.3 is 0 Å². The molecule has 0 unspecified atom stereocenters. The molecule has 0 atom stereocenters. The van der Waals surface area contributed by atoms with Crippen LogP contribution in [-0.4, -0.2) is 44.6 Å². The van der Waals surface area contributed by atoms with E-state index >= 15 is 0 Å². The van der Waals surface area contributed by atoms with E-state index in [1.54, 1.807) is 66.8 Å². The summed E-state index contributed by atoms with van der Waals surface area (Å²) in [5.41, 5.74) is 2.69. The van der Waals surface area contributed by atoms with Crippen LogP contribution in [0.5, 0.6) is 5.75 Å². The van der Waals surface area contributed by atoms with Gasteiger partial charge < -0.3 is 15.0 Å². The lowest BCUT2D eigenvalue weighted by Gasteiger charge is -2.29. The lowest BCUT2D eigenvalue weighted by atomic mass is 10.0. The van der Waals surface area contributed by atoms with Crippen LogP contribution < -0.4 is 15.6 Å². The summed E-state index contributed by atoms with van der Waals surface area (Å²) in [5.74, 6) is -0.0675. The molecule has 3 heterocycles. The number of hydrogen-bond donors (Lipinski definition) is 1. The average molecular weight is 554 g/mol. The van der Waals surface area contributed by atoms with E-state index in [0.717, 1.165) is 0 Å². The number of halogens is 2. The van der Waals surface area contributed by atoms with Gasteiger partial charge in [0, 0.05) is 23.6 Å². The van der Waals surface area contributed by atoms with Gasteiger partial charge in [0.25, 0.3) is 11.5 Å². The Morgan fingerprint density at radius 1 is 1.08 bits per heavy atom. The number of hydrogen-bond acceptors (Lipinski definition) is 5. The Kier molecular flexibility index (Phi) is 6.90. The van der Waals surface area contributed by atoms with Crippen molar-refractivity contribution in [2.24, 2.45) is 5.92 Å². The number of anilines is 1. The molecule has 38 heavy (non-hydrogen) atoms. The number of nitrogens with zero attached hydrogens (tertiary/aromatic N) is 4. The standard InChI is InChI=1S/C27H25Cl2N5O4/c1-15(2)24(35)31-22-13-30-34-23-14-32(26(36)16-4-9-20(28)21(29)12-16)11-10-19(23)27(37)33(25(22)34)17-5-7-18(38-3)8-6-17/h4-9,12-13,15H,10-11,14H2,1-3H3,(H,31,35). The molecule has 11 heteroatoms. The number of carbonyl (C=O) groups is 2. The minimum absolute atomic E-state index is 0.156. The van der Waals surface area contributed by atoms with E-state index in [0.29, 0.717) is 57.6 Å². The van der Waals surface area contributed by atoms with Crippen LogP contribution in [0.1, 0.15) is 35.5 Å². The molecule has 0 saturated carbocycles. The molecule has 2 aromatic heterocycles. The number of benzene rings is 2. The Bertz CT molecular complexity index is 1630. The van der Waals surface area contributed by atoms with E-state index in [9.17, 15) is 14.4 Å². The highest BCUT2D eigenvalue weighted by Gasteiger charge is 2.29. The van der Waals surface area contributed by atoms with Crippen molar-refractivity contribution < 1.29 is 14.3 Å². The van der Waals surface area contributed by atoms with Crippen molar-refractivity contribution in [3.8, 4) is 11.4 Å². The van der Waals surface area contributed by atoms with Gasteiger partial charge in [0.1, 0.15) is 11.4 Å². The average Bonchev–Trinajstić information content (AvgIpc) is 3.33. The molecule has 1 aliphatic heterocycles. The number of aromatic nitrogens is 3. The summed E-state index contributed by atoms with van der Waals surface area (Å²) in [6.45, 7) is 4.06. The summed E-state index contributed by atoms with van der Waals surface area (Å²) in [5, 5.41) is 8.08. The minimum atomic E-state index is -0.275. The topological polar surface area (TPSA) is 97.9 Å². The predicted molar refractivity (Wildman–Crippen MR) is 146 cm³/mol. The lowest BCUT2D eigenvalue weighted by Crippen LogP contribution is -2.41. The molecular formula is C27H25Cl2N5O4. The number of carbonyl (C=O) groups excluding carboxylic acids is 2. The Morgan fingerprint density at radius 2 is 1.82 bits per heavy atom. The monoisotopic (exact) mass is 553 g/mol. The fourth-order valence-electron chi connectivity index (χ4n) is 4.48. The van der Waals surface area contributed by atoms with Crippen LogP contribution in [0.15, 0.2) is 53.5 Å². The highest BCUT2D eigenvalue weighted by atomic mass is 35.5. The first kappa shape index (κ1) is 25.8. The summed E-state index contributed by atoms with van der Waals surface area (Å²) in [7, 11) is 1.57. The molecule has 196 valence electrons. The Hall–Kier alpha value is -3.82. The summed E-state index contributed by atoms with van der Waals surface area (Å²) >= 11 is 12.2. The second-order valence-electron chi connectivity index (χ2n) is 9.31. The number of amides is 2. The van der Waals surface area contributed by atoms with E-state index in [4.69, 9.17) is 27.9 Å². The zero-order valence-corrected chi connectivity index (χ0v) is 22.5. The molecular weight excluding hydrogens is 529 g/mol. The van der Waals surface area contributed by atoms with Gasteiger partial charge in [-0.15, -0.1) is 0 Å². The Labute approximate surface area is 228 Å². The number of nitrogens with one attached hydrogen (secondary N) is 1. The first-order valence-corrected chi connectivity index (χ1v) is 12.8. The second kappa shape index (κ2) is 10.2. The molecule has 2 aromatic carbocycles. The summed E-state index contributed by atoms with van der Waals surface area (Å²) in [6, 6.07) is 11.8. The van der Waals surface area contributed by atoms with Gasteiger partial charge in [-0.3, -0.25) is 19.0 Å². The largest absolute Gasteiger partial charge is 0.497 e. The fraction of sp³-hybridized carbons (Fsp3) is 0.259. The van der Waals surface area contributed by atoms with Crippen LogP contribution in [0, 0.1) is 5.92 Å². The van der Waals surface area contributed by atoms with Gasteiger partial charge in [-0.2, -0.15) is 5.10 Å². The van der Waals surface area contributed by atoms with Crippen molar-refractivity contribution in [3.63, 3.8) is 0 Å². The predicted octanol–water partition coefficient (Wildman–Crippen LogP) is 4.59. The van der Waals surface area contributed by atoms with Crippen LogP contribution in [0.25, 0.3) is 11.3 Å². The summed E-state index contributed by atoms with van der Waals surface area (Å²) in [4.78, 5) is 41.5. The molecule has 1 aliphatic rings. The molecule has 5 rings (SSSR count). The molecule has 0 radical (unpaired) electrons. The molecule has 0 fully saturated rings. The first-order chi connectivity index (χ1) is 18.2. The van der Waals surface area contributed by atoms with Crippen molar-refractivity contribution >= 4 is 46.4 Å². The molecule has 1 N–H and O–H groups in total. The molecule has 9 nitrogen and oxygen atoms in total. The van der Waals surface area contributed by atoms with Crippen LogP contribution in [0.4, 0.5) is 5.69 Å². The third-order valence-electron chi connectivity index (χ3n) is 6.56. The highest BCUT2D eigenvalue weighted by Crippen LogP contribution is 2.28. The van der Waals surface area contributed by atoms with Crippen LogP contribution in [0.2, 0.25) is 10.0 Å². The van der Waals surface area contributed by atoms with Crippen LogP contribution >= 0.6 is 23.2 Å². The fourth-order valence-corrected chi connectivity index (χ4v) is 4.78. The zero-order valence-electron chi connectivity index (χ0n) is 21.0. The highest BCUT2D eigenvalue weighted by molar-refractivity contribution is 6.42. The maximum Gasteiger partial charge on any atom is 0.261 e. The van der Waals surface area contributed by atoms with Gasteiger partial charge in [0.05, 0.1) is 41.3 Å². The lowest BCUT2D eigenvalue weighted by molar-refractivity contribution is -0.118. The van der Waals surface area contributed by atoms with Crippen molar-refractivity contribution in [2.45, 2.75) is 26.8 Å². The summed E-state index contributed by atoms with van der Waals surface area (Å²) in [6.07, 6.45) is 1.86. The van der Waals surface area contributed by atoms with E-state index < -0.39 is 0 Å². The van der Waals surface area contributed by atoms with Gasteiger partial charge in [0.15, 0.2) is 5.65 Å². The quantitative estimate of drug-likeness (QED) is 0.389. The Morgan fingerprint density at radius 3 is 2.47 bits per heavy atom. The maximum atomic E-state index is 13.9. The van der Waals surface area contributed by atoms with E-state index in [1.807, 2.05) is 0 Å². The van der Waals surface area contributed by atoms with E-state index in [1.165, 1.54) is 16.8 Å². The van der Waals surface area contributed by atoms with Crippen LogP contribution in [-0.2, 0) is 17.8 Å². The van der Waals surface area contributed by atoms with Crippen molar-refractivity contribution in [3.05, 3.63) is 85.9 Å². The number of rotatable bonds is 5. The maximum absolute atomic E-state index is 13.9. The third kappa shape index (κ3) is 4.52. The Balaban J connectivity index is 1.65. The third-order valence-corrected chi connectivity index (χ3v) is 7.30. The van der Waals surface area contributed by atoms with Gasteiger partial charge in [-0.05, 0) is 48.9 Å². The molecule has 0 aliphatic carbocycles. The number of fused-ring (bicyclic) bond motifs is 3. The molecule has 0 spiro atoms. The molecule has 2 amide bonds.